The highest BCUT2D eigenvalue weighted by atomic mass is 28.3. The van der Waals surface area contributed by atoms with Crippen LogP contribution in [0.15, 0.2) is 11.6 Å². The molecule has 1 aliphatic rings. The highest BCUT2D eigenvalue weighted by Gasteiger charge is 2.42. The van der Waals surface area contributed by atoms with Gasteiger partial charge in [0.2, 0.25) is 0 Å². The Morgan fingerprint density at radius 1 is 0.875 bits per heavy atom. The van der Waals surface area contributed by atoms with Crippen LogP contribution in [0.25, 0.3) is 0 Å². The molecule has 0 fully saturated rings. The Balaban J connectivity index is 3.45. The lowest BCUT2D eigenvalue weighted by Crippen LogP contribution is -2.44. The molecule has 1 N–H and O–H groups in total. The van der Waals surface area contributed by atoms with Crippen molar-refractivity contribution in [3.63, 3.8) is 0 Å². The van der Waals surface area contributed by atoms with Crippen LogP contribution < -0.4 is 0 Å². The summed E-state index contributed by atoms with van der Waals surface area (Å²) >= 11 is 0. The lowest BCUT2D eigenvalue weighted by molar-refractivity contribution is 0.221. The van der Waals surface area contributed by atoms with E-state index in [-0.39, 0.29) is 0 Å². The third-order valence-corrected chi connectivity index (χ3v) is 14.1. The topological polar surface area (TPSA) is 20.2 Å². The van der Waals surface area contributed by atoms with Crippen molar-refractivity contribution in [1.82, 2.24) is 0 Å². The maximum atomic E-state index is 11.5. The van der Waals surface area contributed by atoms with Crippen molar-refractivity contribution in [2.75, 3.05) is 0 Å². The van der Waals surface area contributed by atoms with E-state index >= 15 is 0 Å². The molecule has 1 rings (SSSR count). The quantitative estimate of drug-likeness (QED) is 0.334. The first kappa shape index (κ1) is 28.8. The average molecular weight is 469 g/mol. The Morgan fingerprint density at radius 2 is 1.38 bits per heavy atom. The standard InChI is InChI=1S/C29H48OSi2/c1-23(2)32(24(3)4,25(5)6)22-20-29(30,19-21-31(10,11)12)18-17-26-13-15-27(16-14-26)28(7,8)9/h13,23-25,27,30H,14-16H2,1-12H3. The third-order valence-electron chi connectivity index (χ3n) is 6.98. The molecule has 32 heavy (non-hydrogen) atoms. The fourth-order valence-electron chi connectivity index (χ4n) is 4.91. The van der Waals surface area contributed by atoms with Gasteiger partial charge >= 0.3 is 0 Å². The molecule has 0 aromatic heterocycles. The fraction of sp³-hybridized carbons (Fsp3) is 0.724. The van der Waals surface area contributed by atoms with Crippen molar-refractivity contribution in [3.8, 4) is 34.8 Å². The van der Waals surface area contributed by atoms with Crippen LogP contribution in [0, 0.1) is 46.1 Å². The molecule has 0 spiro atoms. The molecule has 2 atom stereocenters. The van der Waals surface area contributed by atoms with Crippen LogP contribution in [0.4, 0.5) is 0 Å². The summed E-state index contributed by atoms with van der Waals surface area (Å²) in [4.78, 5) is 0. The Hall–Kier alpha value is -1.19. The highest BCUT2D eigenvalue weighted by Crippen LogP contribution is 2.41. The first-order valence-corrected chi connectivity index (χ1v) is 18.2. The van der Waals surface area contributed by atoms with E-state index in [9.17, 15) is 5.11 Å². The molecule has 0 heterocycles. The summed E-state index contributed by atoms with van der Waals surface area (Å²) in [6, 6.07) is 0. The molecule has 0 aliphatic heterocycles. The molecule has 0 saturated heterocycles. The summed E-state index contributed by atoms with van der Waals surface area (Å²) in [5, 5.41) is 11.5. The van der Waals surface area contributed by atoms with Gasteiger partial charge in [0.15, 0.2) is 0 Å². The van der Waals surface area contributed by atoms with E-state index in [2.05, 4.69) is 123 Å². The minimum absolute atomic E-state index is 0.322. The normalized spacial score (nSPS) is 19.2. The van der Waals surface area contributed by atoms with Gasteiger partial charge in [0.1, 0.15) is 16.1 Å². The first-order chi connectivity index (χ1) is 14.4. The van der Waals surface area contributed by atoms with Gasteiger partial charge in [-0.25, -0.2) is 0 Å². The Kier molecular flexibility index (Phi) is 9.76. The van der Waals surface area contributed by atoms with Crippen molar-refractivity contribution >= 4 is 16.1 Å². The second-order valence-corrected chi connectivity index (χ2v) is 23.0. The van der Waals surface area contributed by atoms with Crippen molar-refractivity contribution < 1.29 is 5.11 Å². The summed E-state index contributed by atoms with van der Waals surface area (Å²) in [6.45, 7) is 27.2. The lowest BCUT2D eigenvalue weighted by Gasteiger charge is -2.38. The van der Waals surface area contributed by atoms with Crippen LogP contribution in [0.3, 0.4) is 0 Å². The predicted molar refractivity (Wildman–Crippen MR) is 148 cm³/mol. The van der Waals surface area contributed by atoms with Gasteiger partial charge in [-0.15, -0.1) is 11.1 Å². The lowest BCUT2D eigenvalue weighted by atomic mass is 9.73. The van der Waals surface area contributed by atoms with Gasteiger partial charge in [-0.2, -0.15) is 0 Å². The van der Waals surface area contributed by atoms with Crippen molar-refractivity contribution in [2.45, 2.75) is 123 Å². The molecule has 0 bridgehead atoms. The molecule has 3 heteroatoms. The number of allylic oxidation sites excluding steroid dienone is 2. The summed E-state index contributed by atoms with van der Waals surface area (Å²) in [6.07, 6.45) is 5.45. The maximum Gasteiger partial charge on any atom is 0.250 e. The Morgan fingerprint density at radius 3 is 1.75 bits per heavy atom. The highest BCUT2D eigenvalue weighted by molar-refractivity contribution is 6.90. The van der Waals surface area contributed by atoms with E-state index in [1.807, 2.05) is 0 Å². The van der Waals surface area contributed by atoms with Crippen molar-refractivity contribution in [1.29, 1.82) is 0 Å². The number of hydrogen-bond donors (Lipinski definition) is 1. The van der Waals surface area contributed by atoms with Crippen molar-refractivity contribution in [3.05, 3.63) is 11.6 Å². The average Bonchev–Trinajstić information content (AvgIpc) is 2.64. The second kappa shape index (κ2) is 10.8. The van der Waals surface area contributed by atoms with E-state index in [1.165, 1.54) is 0 Å². The Labute approximate surface area is 202 Å². The van der Waals surface area contributed by atoms with Crippen LogP contribution >= 0.6 is 0 Å². The van der Waals surface area contributed by atoms with Gasteiger partial charge in [-0.1, -0.05) is 94.0 Å². The number of aliphatic hydroxyl groups is 1. The molecular weight excluding hydrogens is 420 g/mol. The minimum Gasteiger partial charge on any atom is -0.357 e. The maximum absolute atomic E-state index is 11.5. The van der Waals surface area contributed by atoms with Crippen molar-refractivity contribution in [2.24, 2.45) is 11.3 Å². The molecule has 0 saturated carbocycles. The van der Waals surface area contributed by atoms with E-state index in [1.54, 1.807) is 0 Å². The van der Waals surface area contributed by atoms with Gasteiger partial charge in [0.25, 0.3) is 5.60 Å². The second-order valence-electron chi connectivity index (χ2n) is 12.7. The van der Waals surface area contributed by atoms with Gasteiger partial charge in [-0.3, -0.25) is 0 Å². The summed E-state index contributed by atoms with van der Waals surface area (Å²) in [5.41, 5.74) is 8.40. The van der Waals surface area contributed by atoms with Gasteiger partial charge in [0.05, 0.1) is 0 Å². The van der Waals surface area contributed by atoms with Gasteiger partial charge in [0, 0.05) is 0 Å². The first-order valence-electron chi connectivity index (χ1n) is 12.5. The minimum atomic E-state index is -1.97. The largest absolute Gasteiger partial charge is 0.357 e. The SMILES string of the molecule is CC(C)[Si](C#CC(O)(C#CC1=CCC(C(C)(C)C)CC1)C#C[Si](C)(C)C)(C(C)C)C(C)C. The van der Waals surface area contributed by atoms with E-state index in [4.69, 9.17) is 0 Å². The molecule has 2 unspecified atom stereocenters. The summed E-state index contributed by atoms with van der Waals surface area (Å²) < 4.78 is 0. The molecular formula is C29H48OSi2. The third kappa shape index (κ3) is 7.99. The molecule has 1 nitrogen and oxygen atoms in total. The molecule has 0 aromatic carbocycles. The fourth-order valence-corrected chi connectivity index (χ4v) is 10.7. The van der Waals surface area contributed by atoms with E-state index in [0.717, 1.165) is 24.8 Å². The zero-order valence-corrected chi connectivity index (χ0v) is 25.0. The number of rotatable bonds is 3. The zero-order valence-electron chi connectivity index (χ0n) is 23.0. The molecule has 1 aliphatic carbocycles. The van der Waals surface area contributed by atoms with Crippen LogP contribution in [0.2, 0.25) is 36.3 Å². The molecule has 0 aromatic rings. The van der Waals surface area contributed by atoms with Gasteiger partial charge < -0.3 is 5.11 Å². The van der Waals surface area contributed by atoms with E-state index < -0.39 is 21.7 Å². The molecule has 0 radical (unpaired) electrons. The van der Waals surface area contributed by atoms with Crippen LogP contribution in [-0.4, -0.2) is 26.9 Å². The van der Waals surface area contributed by atoms with Gasteiger partial charge in [-0.05, 0) is 70.6 Å². The predicted octanol–water partition coefficient (Wildman–Crippen LogP) is 7.60. The zero-order chi connectivity index (χ0) is 25.0. The van der Waals surface area contributed by atoms with Crippen LogP contribution in [0.5, 0.6) is 0 Å². The van der Waals surface area contributed by atoms with Crippen LogP contribution in [0.1, 0.15) is 81.6 Å². The smallest absolute Gasteiger partial charge is 0.250 e. The van der Waals surface area contributed by atoms with Crippen LogP contribution in [-0.2, 0) is 0 Å². The summed E-state index contributed by atoms with van der Waals surface area (Å²) in [5.74, 6) is 13.4. The monoisotopic (exact) mass is 468 g/mol. The van der Waals surface area contributed by atoms with E-state index in [0.29, 0.717) is 28.0 Å². The Bertz CT molecular complexity index is 839. The molecule has 0 amide bonds. The molecule has 178 valence electrons. The summed E-state index contributed by atoms with van der Waals surface area (Å²) in [7, 11) is -3.64. The number of hydrogen-bond acceptors (Lipinski definition) is 1.